The number of rotatable bonds is 5. The fourth-order valence-electron chi connectivity index (χ4n) is 3.51. The average Bonchev–Trinajstić information content (AvgIpc) is 2.55. The number of carbonyl (C=O) groups excluding carboxylic acids is 2. The van der Waals surface area contributed by atoms with E-state index in [9.17, 15) is 14.0 Å². The number of esters is 1. The minimum Gasteiger partial charge on any atom is -0.461 e. The number of carbonyl (C=O) groups is 2. The molecule has 2 aliphatic rings. The predicted octanol–water partition coefficient (Wildman–Crippen LogP) is 3.63. The summed E-state index contributed by atoms with van der Waals surface area (Å²) in [5, 5.41) is 2.61. The van der Waals surface area contributed by atoms with Gasteiger partial charge in [0, 0.05) is 30.6 Å². The van der Waals surface area contributed by atoms with Gasteiger partial charge in [-0.15, -0.1) is 0 Å². The summed E-state index contributed by atoms with van der Waals surface area (Å²) >= 11 is 0. The zero-order chi connectivity index (χ0) is 19.1. The number of amides is 1. The molecular weight excluding hydrogens is 337 g/mol. The number of halogens is 1. The highest BCUT2D eigenvalue weighted by Crippen LogP contribution is 2.46. The van der Waals surface area contributed by atoms with Crippen molar-refractivity contribution >= 4 is 17.6 Å². The van der Waals surface area contributed by atoms with Crippen molar-refractivity contribution in [3.8, 4) is 0 Å². The quantitative estimate of drug-likeness (QED) is 0.812. The molecule has 0 bridgehead atoms. The van der Waals surface area contributed by atoms with E-state index < -0.39 is 17.7 Å². The Morgan fingerprint density at radius 1 is 1.35 bits per heavy atom. The highest BCUT2D eigenvalue weighted by atomic mass is 19.1. The summed E-state index contributed by atoms with van der Waals surface area (Å²) in [4.78, 5) is 24.6. The number of benzene rings is 1. The third-order valence-electron chi connectivity index (χ3n) is 5.32. The third kappa shape index (κ3) is 3.61. The van der Waals surface area contributed by atoms with Gasteiger partial charge in [-0.1, -0.05) is 33.8 Å². The second-order valence-corrected chi connectivity index (χ2v) is 8.23. The van der Waals surface area contributed by atoms with Gasteiger partial charge >= 0.3 is 5.97 Å². The lowest BCUT2D eigenvalue weighted by Gasteiger charge is -2.50. The van der Waals surface area contributed by atoms with Crippen molar-refractivity contribution in [2.75, 3.05) is 11.9 Å². The molecule has 0 spiro atoms. The third-order valence-corrected chi connectivity index (χ3v) is 5.32. The van der Waals surface area contributed by atoms with Crippen LogP contribution in [0.4, 0.5) is 10.1 Å². The van der Waals surface area contributed by atoms with E-state index in [2.05, 4.69) is 19.2 Å². The van der Waals surface area contributed by atoms with Gasteiger partial charge < -0.3 is 14.8 Å². The predicted molar refractivity (Wildman–Crippen MR) is 95.2 cm³/mol. The van der Waals surface area contributed by atoms with Crippen LogP contribution >= 0.6 is 0 Å². The highest BCUT2D eigenvalue weighted by Gasteiger charge is 2.52. The Hall–Kier alpha value is -1.95. The first kappa shape index (κ1) is 18.8. The summed E-state index contributed by atoms with van der Waals surface area (Å²) in [7, 11) is 0. The second-order valence-electron chi connectivity index (χ2n) is 8.23. The molecule has 6 heteroatoms. The van der Waals surface area contributed by atoms with Gasteiger partial charge in [-0.25, -0.2) is 4.39 Å². The van der Waals surface area contributed by atoms with Gasteiger partial charge in [-0.05, 0) is 23.6 Å². The average molecular weight is 363 g/mol. The van der Waals surface area contributed by atoms with Gasteiger partial charge in [-0.2, -0.15) is 0 Å². The van der Waals surface area contributed by atoms with Gasteiger partial charge in [0.25, 0.3) is 0 Å². The monoisotopic (exact) mass is 363 g/mol. The Kier molecular flexibility index (Phi) is 5.06. The van der Waals surface area contributed by atoms with Crippen molar-refractivity contribution in [3.05, 3.63) is 29.6 Å². The number of hydrogen-bond donors (Lipinski definition) is 1. The minimum atomic E-state index is -0.703. The van der Waals surface area contributed by atoms with Crippen LogP contribution in [0.25, 0.3) is 0 Å². The molecule has 1 aromatic carbocycles. The van der Waals surface area contributed by atoms with E-state index >= 15 is 0 Å². The molecule has 0 saturated heterocycles. The van der Waals surface area contributed by atoms with Gasteiger partial charge in [0.05, 0.1) is 12.0 Å². The molecule has 1 heterocycles. The van der Waals surface area contributed by atoms with Crippen molar-refractivity contribution in [1.29, 1.82) is 0 Å². The van der Waals surface area contributed by atoms with Gasteiger partial charge in [-0.3, -0.25) is 9.59 Å². The van der Waals surface area contributed by atoms with Crippen LogP contribution in [0, 0.1) is 17.2 Å². The molecule has 5 nitrogen and oxygen atoms in total. The summed E-state index contributed by atoms with van der Waals surface area (Å²) in [6.45, 7) is 8.92. The van der Waals surface area contributed by atoms with E-state index in [0.29, 0.717) is 30.2 Å². The number of nitrogens with one attached hydrogen (secondary N) is 1. The second kappa shape index (κ2) is 6.99. The van der Waals surface area contributed by atoms with Crippen LogP contribution in [0.5, 0.6) is 0 Å². The molecule has 1 N–H and O–H groups in total. The van der Waals surface area contributed by atoms with Crippen LogP contribution in [0.3, 0.4) is 0 Å². The first-order valence-corrected chi connectivity index (χ1v) is 9.10. The molecular formula is C20H26FNO4. The van der Waals surface area contributed by atoms with E-state index in [0.717, 1.165) is 0 Å². The van der Waals surface area contributed by atoms with Crippen molar-refractivity contribution in [2.24, 2.45) is 11.3 Å². The van der Waals surface area contributed by atoms with Gasteiger partial charge in [0.15, 0.2) is 0 Å². The smallest absolute Gasteiger partial charge is 0.314 e. The summed E-state index contributed by atoms with van der Waals surface area (Å²) in [6.07, 6.45) is 0.471. The molecule has 0 aromatic heterocycles. The Labute approximate surface area is 153 Å². The van der Waals surface area contributed by atoms with Gasteiger partial charge in [0.1, 0.15) is 11.9 Å². The van der Waals surface area contributed by atoms with Crippen molar-refractivity contribution in [2.45, 2.75) is 58.7 Å². The number of hydrogen-bond acceptors (Lipinski definition) is 4. The lowest BCUT2D eigenvalue weighted by molar-refractivity contribution is -0.206. The molecule has 3 atom stereocenters. The van der Waals surface area contributed by atoms with Crippen LogP contribution in [0.2, 0.25) is 0 Å². The van der Waals surface area contributed by atoms with Crippen LogP contribution < -0.4 is 5.32 Å². The van der Waals surface area contributed by atoms with Crippen LogP contribution in [-0.4, -0.2) is 30.7 Å². The Morgan fingerprint density at radius 2 is 2.08 bits per heavy atom. The topological polar surface area (TPSA) is 64.6 Å². The molecule has 1 amide bonds. The SMILES string of the molecule is CC(C)CO[C@@H]1C[C@H](OC(=O)[C@@H]2CC(=O)Nc3cc(F)ccc32)C1(C)C. The van der Waals surface area contributed by atoms with Crippen molar-refractivity contribution < 1.29 is 23.5 Å². The summed E-state index contributed by atoms with van der Waals surface area (Å²) in [5.74, 6) is -1.46. The molecule has 0 unspecified atom stereocenters. The largest absolute Gasteiger partial charge is 0.461 e. The fraction of sp³-hybridized carbons (Fsp3) is 0.600. The standard InChI is InChI=1S/C20H26FNO4/c1-11(2)10-25-16-9-17(20(16,3)4)26-19(24)14-8-18(23)22-15-7-12(21)5-6-13(14)15/h5-7,11,14,16-17H,8-10H2,1-4H3,(H,22,23)/t14-,16-,17+/m1/s1. The molecule has 1 aromatic rings. The summed E-state index contributed by atoms with van der Waals surface area (Å²) in [6, 6.07) is 4.06. The zero-order valence-corrected chi connectivity index (χ0v) is 15.7. The maximum atomic E-state index is 13.4. The highest BCUT2D eigenvalue weighted by molar-refractivity contribution is 6.00. The molecule has 1 fully saturated rings. The van der Waals surface area contributed by atoms with E-state index in [1.54, 1.807) is 0 Å². The lowest BCUT2D eigenvalue weighted by Crippen LogP contribution is -2.57. The molecule has 142 valence electrons. The van der Waals surface area contributed by atoms with Crippen molar-refractivity contribution in [3.63, 3.8) is 0 Å². The van der Waals surface area contributed by atoms with E-state index in [-0.39, 0.29) is 30.0 Å². The lowest BCUT2D eigenvalue weighted by atomic mass is 9.66. The zero-order valence-electron chi connectivity index (χ0n) is 15.7. The maximum absolute atomic E-state index is 13.4. The van der Waals surface area contributed by atoms with Crippen molar-refractivity contribution in [1.82, 2.24) is 0 Å². The Balaban J connectivity index is 1.67. The number of fused-ring (bicyclic) bond motifs is 1. The van der Waals surface area contributed by atoms with Crippen LogP contribution in [0.1, 0.15) is 52.0 Å². The molecule has 0 radical (unpaired) electrons. The summed E-state index contributed by atoms with van der Waals surface area (Å²) in [5.41, 5.74) is 0.669. The normalized spacial score (nSPS) is 26.7. The van der Waals surface area contributed by atoms with Crippen LogP contribution in [-0.2, 0) is 19.1 Å². The number of ether oxygens (including phenoxy) is 2. The number of anilines is 1. The molecule has 3 rings (SSSR count). The van der Waals surface area contributed by atoms with Crippen LogP contribution in [0.15, 0.2) is 18.2 Å². The molecule has 1 aliphatic carbocycles. The van der Waals surface area contributed by atoms with E-state index in [1.165, 1.54) is 18.2 Å². The maximum Gasteiger partial charge on any atom is 0.314 e. The molecule has 26 heavy (non-hydrogen) atoms. The summed E-state index contributed by atoms with van der Waals surface area (Å²) < 4.78 is 25.0. The fourth-order valence-corrected chi connectivity index (χ4v) is 3.51. The molecule has 1 aliphatic heterocycles. The first-order chi connectivity index (χ1) is 12.2. The van der Waals surface area contributed by atoms with E-state index in [1.807, 2.05) is 13.8 Å². The van der Waals surface area contributed by atoms with E-state index in [4.69, 9.17) is 9.47 Å². The first-order valence-electron chi connectivity index (χ1n) is 9.10. The van der Waals surface area contributed by atoms with Gasteiger partial charge in [0.2, 0.25) is 5.91 Å². The Bertz CT molecular complexity index is 716. The molecule has 1 saturated carbocycles. The minimum absolute atomic E-state index is 0.0118. The Morgan fingerprint density at radius 3 is 2.73 bits per heavy atom.